The second-order valence-electron chi connectivity index (χ2n) is 6.45. The molecule has 7 heteroatoms. The van der Waals surface area contributed by atoms with Crippen molar-refractivity contribution in [3.8, 4) is 0 Å². The molecule has 4 rings (SSSR count). The van der Waals surface area contributed by atoms with E-state index >= 15 is 0 Å². The summed E-state index contributed by atoms with van der Waals surface area (Å²) < 4.78 is 1.96. The van der Waals surface area contributed by atoms with Crippen LogP contribution in [0, 0.1) is 0 Å². The van der Waals surface area contributed by atoms with Crippen LogP contribution < -0.4 is 4.90 Å². The Morgan fingerprint density at radius 3 is 2.78 bits per heavy atom. The van der Waals surface area contributed by atoms with Crippen molar-refractivity contribution >= 4 is 28.7 Å². The number of hydrogen-bond donors (Lipinski definition) is 0. The zero-order chi connectivity index (χ0) is 15.6. The van der Waals surface area contributed by atoms with Crippen molar-refractivity contribution in [1.29, 1.82) is 0 Å². The fourth-order valence-corrected chi connectivity index (χ4v) is 4.81. The molecule has 124 valence electrons. The smallest absolute Gasteiger partial charge is 0.165 e. The average Bonchev–Trinajstić information content (AvgIpc) is 2.83. The maximum atomic E-state index is 4.54. The third-order valence-corrected chi connectivity index (χ3v) is 6.06. The zero-order valence-corrected chi connectivity index (χ0v) is 14.5. The van der Waals surface area contributed by atoms with E-state index in [4.69, 9.17) is 0 Å². The summed E-state index contributed by atoms with van der Waals surface area (Å²) >= 11 is 2.10. The van der Waals surface area contributed by atoms with Gasteiger partial charge in [0.05, 0.1) is 6.33 Å². The van der Waals surface area contributed by atoms with Crippen LogP contribution in [0.2, 0.25) is 0 Å². The van der Waals surface area contributed by atoms with Crippen LogP contribution >= 0.6 is 11.8 Å². The van der Waals surface area contributed by atoms with E-state index in [2.05, 4.69) is 36.5 Å². The molecular formula is C16H24N6S. The summed E-state index contributed by atoms with van der Waals surface area (Å²) in [5.41, 5.74) is 1.85. The number of nitrogens with zero attached hydrogens (tertiary/aromatic N) is 6. The van der Waals surface area contributed by atoms with Gasteiger partial charge in [0.15, 0.2) is 17.0 Å². The van der Waals surface area contributed by atoms with Crippen molar-refractivity contribution in [3.05, 3.63) is 12.7 Å². The number of rotatable bonds is 2. The molecule has 0 spiro atoms. The topological polar surface area (TPSA) is 50.1 Å². The summed E-state index contributed by atoms with van der Waals surface area (Å²) in [6.45, 7) is 4.43. The minimum atomic E-state index is 0.788. The van der Waals surface area contributed by atoms with E-state index in [1.165, 1.54) is 37.3 Å². The number of fused-ring (bicyclic) bond motifs is 1. The lowest BCUT2D eigenvalue weighted by Gasteiger charge is -2.33. The highest BCUT2D eigenvalue weighted by molar-refractivity contribution is 7.99. The second kappa shape index (κ2) is 6.65. The number of aromatic nitrogens is 4. The van der Waals surface area contributed by atoms with E-state index in [-0.39, 0.29) is 0 Å². The van der Waals surface area contributed by atoms with Crippen LogP contribution in [0.1, 0.15) is 19.3 Å². The van der Waals surface area contributed by atoms with Crippen LogP contribution in [-0.4, -0.2) is 68.1 Å². The molecule has 0 radical (unpaired) electrons. The normalized spacial score (nSPS) is 21.7. The predicted molar refractivity (Wildman–Crippen MR) is 95.1 cm³/mol. The van der Waals surface area contributed by atoms with Crippen molar-refractivity contribution in [1.82, 2.24) is 24.4 Å². The Balaban J connectivity index is 1.51. The number of anilines is 1. The molecule has 0 N–H and O–H groups in total. The van der Waals surface area contributed by atoms with Crippen molar-refractivity contribution < 1.29 is 0 Å². The Morgan fingerprint density at radius 1 is 1.04 bits per heavy atom. The lowest BCUT2D eigenvalue weighted by atomic mass is 10.1. The molecule has 2 aliphatic rings. The zero-order valence-electron chi connectivity index (χ0n) is 13.7. The Labute approximate surface area is 141 Å². The van der Waals surface area contributed by atoms with Gasteiger partial charge in [-0.05, 0) is 30.8 Å². The van der Waals surface area contributed by atoms with Crippen LogP contribution in [0.4, 0.5) is 5.82 Å². The Morgan fingerprint density at radius 2 is 1.91 bits per heavy atom. The first-order valence-electron chi connectivity index (χ1n) is 8.51. The minimum absolute atomic E-state index is 0.788. The summed E-state index contributed by atoms with van der Waals surface area (Å²) in [6, 6.07) is 0.788. The van der Waals surface area contributed by atoms with Gasteiger partial charge in [0.1, 0.15) is 6.33 Å². The molecule has 0 unspecified atom stereocenters. The Hall–Kier alpha value is -1.34. The molecule has 0 aromatic carbocycles. The van der Waals surface area contributed by atoms with E-state index in [0.29, 0.717) is 0 Å². The second-order valence-corrected chi connectivity index (χ2v) is 7.67. The van der Waals surface area contributed by atoms with Gasteiger partial charge in [-0.3, -0.25) is 4.90 Å². The first-order valence-corrected chi connectivity index (χ1v) is 9.67. The molecule has 4 heterocycles. The van der Waals surface area contributed by atoms with Gasteiger partial charge in [0.25, 0.3) is 0 Å². The minimum Gasteiger partial charge on any atom is -0.353 e. The number of thioether (sulfide) groups is 1. The highest BCUT2D eigenvalue weighted by atomic mass is 32.2. The third-order valence-electron chi connectivity index (χ3n) is 5.02. The Kier molecular flexibility index (Phi) is 4.39. The molecule has 0 saturated carbocycles. The van der Waals surface area contributed by atoms with Gasteiger partial charge >= 0.3 is 0 Å². The molecule has 2 aromatic heterocycles. The maximum Gasteiger partial charge on any atom is 0.165 e. The van der Waals surface area contributed by atoms with Crippen molar-refractivity contribution in [2.75, 3.05) is 42.6 Å². The molecule has 6 nitrogen and oxygen atoms in total. The number of imidazole rings is 1. The van der Waals surface area contributed by atoms with Gasteiger partial charge in [-0.15, -0.1) is 0 Å². The molecule has 23 heavy (non-hydrogen) atoms. The lowest BCUT2D eigenvalue weighted by Crippen LogP contribution is -2.40. The van der Waals surface area contributed by atoms with Gasteiger partial charge < -0.3 is 9.47 Å². The van der Waals surface area contributed by atoms with Crippen LogP contribution in [-0.2, 0) is 7.05 Å². The maximum absolute atomic E-state index is 4.54. The first kappa shape index (κ1) is 15.2. The molecule has 0 atom stereocenters. The fraction of sp³-hybridized carbons (Fsp3) is 0.688. The van der Waals surface area contributed by atoms with Crippen molar-refractivity contribution in [2.24, 2.45) is 7.05 Å². The predicted octanol–water partition coefficient (Wildman–Crippen LogP) is 1.77. The first-order chi connectivity index (χ1) is 11.3. The quantitative estimate of drug-likeness (QED) is 0.835. The van der Waals surface area contributed by atoms with E-state index in [0.717, 1.165) is 42.7 Å². The van der Waals surface area contributed by atoms with Gasteiger partial charge in [0.2, 0.25) is 0 Å². The number of aryl methyl sites for hydroxylation is 1. The molecule has 2 aromatic rings. The SMILES string of the molecule is Cn1cnc2c(N3CCCN(C4CCSCC4)CC3)ncnc21. The van der Waals surface area contributed by atoms with Gasteiger partial charge in [-0.1, -0.05) is 0 Å². The average molecular weight is 332 g/mol. The van der Waals surface area contributed by atoms with Crippen molar-refractivity contribution in [3.63, 3.8) is 0 Å². The monoisotopic (exact) mass is 332 g/mol. The van der Waals surface area contributed by atoms with E-state index in [9.17, 15) is 0 Å². The van der Waals surface area contributed by atoms with Gasteiger partial charge in [-0.2, -0.15) is 11.8 Å². The van der Waals surface area contributed by atoms with Crippen molar-refractivity contribution in [2.45, 2.75) is 25.3 Å². The van der Waals surface area contributed by atoms with E-state index in [1.807, 2.05) is 17.9 Å². The van der Waals surface area contributed by atoms with Crippen LogP contribution in [0.25, 0.3) is 11.2 Å². The lowest BCUT2D eigenvalue weighted by molar-refractivity contribution is 0.198. The van der Waals surface area contributed by atoms with E-state index < -0.39 is 0 Å². The fourth-order valence-electron chi connectivity index (χ4n) is 3.73. The Bertz CT molecular complexity index is 666. The summed E-state index contributed by atoms with van der Waals surface area (Å²) in [5.74, 6) is 3.65. The largest absolute Gasteiger partial charge is 0.353 e. The van der Waals surface area contributed by atoms with Crippen LogP contribution in [0.15, 0.2) is 12.7 Å². The number of hydrogen-bond acceptors (Lipinski definition) is 6. The molecular weight excluding hydrogens is 308 g/mol. The molecule has 2 aliphatic heterocycles. The highest BCUT2D eigenvalue weighted by Crippen LogP contribution is 2.25. The van der Waals surface area contributed by atoms with Gasteiger partial charge in [-0.25, -0.2) is 15.0 Å². The molecule has 0 aliphatic carbocycles. The molecule has 2 saturated heterocycles. The highest BCUT2D eigenvalue weighted by Gasteiger charge is 2.25. The molecule has 0 bridgehead atoms. The summed E-state index contributed by atoms with van der Waals surface area (Å²) in [7, 11) is 1.98. The molecule has 0 amide bonds. The summed E-state index contributed by atoms with van der Waals surface area (Å²) in [4.78, 5) is 18.5. The third kappa shape index (κ3) is 3.04. The van der Waals surface area contributed by atoms with Crippen LogP contribution in [0.5, 0.6) is 0 Å². The van der Waals surface area contributed by atoms with Crippen LogP contribution in [0.3, 0.4) is 0 Å². The summed E-state index contributed by atoms with van der Waals surface area (Å²) in [5, 5.41) is 0. The molecule has 2 fully saturated rings. The standard InChI is InChI=1S/C16H24N6S/c1-20-12-19-14-15(20)17-11-18-16(14)22-6-2-5-21(7-8-22)13-3-9-23-10-4-13/h11-13H,2-10H2,1H3. The van der Waals surface area contributed by atoms with Gasteiger partial charge in [0, 0.05) is 39.3 Å². The van der Waals surface area contributed by atoms with E-state index in [1.54, 1.807) is 6.33 Å². The summed E-state index contributed by atoms with van der Waals surface area (Å²) in [6.07, 6.45) is 7.39.